The van der Waals surface area contributed by atoms with Gasteiger partial charge in [0, 0.05) is 90.0 Å². The summed E-state index contributed by atoms with van der Waals surface area (Å²) in [6, 6.07) is 32.4. The lowest BCUT2D eigenvalue weighted by molar-refractivity contribution is -0.142. The number of fused-ring (bicyclic) bond motifs is 2. The molecule has 4 N–H and O–H groups in total. The summed E-state index contributed by atoms with van der Waals surface area (Å²) in [7, 11) is 1.34. The Hall–Kier alpha value is -4.98. The highest BCUT2D eigenvalue weighted by Crippen LogP contribution is 2.31. The van der Waals surface area contributed by atoms with E-state index >= 15 is 0 Å². The van der Waals surface area contributed by atoms with Crippen molar-refractivity contribution in [2.75, 3.05) is 31.3 Å². The number of nitrogen functional groups attached to an aromatic ring is 1. The Morgan fingerprint density at radius 3 is 1.51 bits per heavy atom. The van der Waals surface area contributed by atoms with E-state index in [1.165, 1.54) is 7.11 Å². The molecule has 18 heteroatoms. The standard InChI is InChI=1S/C17H15Cl2N3.C10H10Cl2O2.C9H10Cl2O.C9H8Cl2O.C8H7N3/c1-11(13-9-12(18)5-6-14(13)19)10-22-16-4-2-3-15-17(16)21-8-7-20-15;1-6(10(13)14-2)8-5-7(11)3-4-9(8)12;2*1-6(5-12)8-4-7(10)2-3-9(8)11;9-6-2-1-3-7-8(6)11-5-4-10-7/h2-9,11,22H,10H2,1H3;3-6H,1-2H3;2-4,6,12H,5H2,1H3;2-6H,1H3;1-5H,9H2. The molecule has 2 aromatic heterocycles. The molecule has 372 valence electrons. The molecule has 0 aliphatic rings. The summed E-state index contributed by atoms with van der Waals surface area (Å²) in [4.78, 5) is 38.6. The highest BCUT2D eigenvalue weighted by Gasteiger charge is 2.19. The van der Waals surface area contributed by atoms with E-state index in [2.05, 4.69) is 36.9 Å². The number of para-hydroxylation sites is 2. The van der Waals surface area contributed by atoms with Gasteiger partial charge in [0.25, 0.3) is 0 Å². The summed E-state index contributed by atoms with van der Waals surface area (Å²) in [5, 5.41) is 17.3. The minimum atomic E-state index is -0.397. The van der Waals surface area contributed by atoms with E-state index < -0.39 is 5.92 Å². The number of rotatable bonds is 10. The minimum Gasteiger partial charge on any atom is -0.469 e. The van der Waals surface area contributed by atoms with Crippen molar-refractivity contribution in [3.05, 3.63) is 196 Å². The number of aldehydes is 1. The Morgan fingerprint density at radius 1 is 0.592 bits per heavy atom. The number of aromatic nitrogens is 4. The summed E-state index contributed by atoms with van der Waals surface area (Å²) < 4.78 is 4.62. The molecule has 8 aromatic rings. The van der Waals surface area contributed by atoms with Crippen molar-refractivity contribution in [2.45, 2.75) is 51.4 Å². The fraction of sp³-hybridized carbons (Fsp3) is 0.208. The van der Waals surface area contributed by atoms with Crippen LogP contribution in [0.2, 0.25) is 40.2 Å². The van der Waals surface area contributed by atoms with Crippen LogP contribution in [-0.2, 0) is 14.3 Å². The lowest BCUT2D eigenvalue weighted by Gasteiger charge is -2.16. The van der Waals surface area contributed by atoms with Crippen LogP contribution in [-0.4, -0.2) is 57.6 Å². The number of methoxy groups -OCH3 is 1. The second-order valence-electron chi connectivity index (χ2n) is 15.7. The van der Waals surface area contributed by atoms with Crippen LogP contribution in [0.15, 0.2) is 134 Å². The summed E-state index contributed by atoms with van der Waals surface area (Å²) >= 11 is 47.3. The number of ether oxygens (including phenoxy) is 1. The third kappa shape index (κ3) is 17.9. The topological polar surface area (TPSA) is 153 Å². The fourth-order valence-electron chi connectivity index (χ4n) is 6.49. The van der Waals surface area contributed by atoms with Gasteiger partial charge in [-0.1, -0.05) is 126 Å². The largest absolute Gasteiger partial charge is 0.469 e. The van der Waals surface area contributed by atoms with Crippen LogP contribution in [0.4, 0.5) is 11.4 Å². The monoisotopic (exact) mass is 1110 g/mol. The molecule has 6 aromatic carbocycles. The number of aliphatic hydroxyl groups excluding tert-OH is 1. The Morgan fingerprint density at radius 2 is 1.01 bits per heavy atom. The minimum absolute atomic E-state index is 0.0381. The number of carbonyl (C=O) groups is 2. The molecule has 0 aliphatic heterocycles. The highest BCUT2D eigenvalue weighted by atomic mass is 35.5. The SMILES string of the molecule is CC(C=O)c1cc(Cl)ccc1Cl.CC(CNc1cccc2nccnc12)c1cc(Cl)ccc1Cl.CC(CO)c1cc(Cl)ccc1Cl.COC(=O)C(C)c1cc(Cl)ccc1Cl.Nc1cccc2nccnc12. The first-order chi connectivity index (χ1) is 33.9. The Balaban J connectivity index is 0.000000199. The van der Waals surface area contributed by atoms with Gasteiger partial charge in [-0.2, -0.15) is 0 Å². The van der Waals surface area contributed by atoms with Crippen LogP contribution in [0.5, 0.6) is 0 Å². The van der Waals surface area contributed by atoms with Crippen LogP contribution in [0.25, 0.3) is 22.1 Å². The molecule has 0 bridgehead atoms. The van der Waals surface area contributed by atoms with Gasteiger partial charge in [0.15, 0.2) is 0 Å². The van der Waals surface area contributed by atoms with E-state index in [1.807, 2.05) is 55.5 Å². The first-order valence-corrected chi connectivity index (χ1v) is 24.7. The van der Waals surface area contributed by atoms with E-state index in [-0.39, 0.29) is 30.3 Å². The first-order valence-electron chi connectivity index (χ1n) is 21.7. The third-order valence-corrected chi connectivity index (χ3v) is 12.8. The van der Waals surface area contributed by atoms with Crippen molar-refractivity contribution in [3.8, 4) is 0 Å². The molecule has 0 saturated heterocycles. The predicted molar refractivity (Wildman–Crippen MR) is 297 cm³/mol. The molecule has 10 nitrogen and oxygen atoms in total. The molecule has 0 spiro atoms. The maximum Gasteiger partial charge on any atom is 0.312 e. The van der Waals surface area contributed by atoms with Crippen LogP contribution < -0.4 is 11.1 Å². The summed E-state index contributed by atoms with van der Waals surface area (Å²) in [6.07, 6.45) is 7.53. The van der Waals surface area contributed by atoms with Crippen molar-refractivity contribution in [2.24, 2.45) is 0 Å². The van der Waals surface area contributed by atoms with Crippen molar-refractivity contribution in [3.63, 3.8) is 0 Å². The number of esters is 1. The average Bonchev–Trinajstić information content (AvgIpc) is 3.38. The van der Waals surface area contributed by atoms with Crippen LogP contribution in [0.3, 0.4) is 0 Å². The molecule has 2 heterocycles. The molecule has 71 heavy (non-hydrogen) atoms. The van der Waals surface area contributed by atoms with Crippen LogP contribution in [0.1, 0.15) is 73.6 Å². The van der Waals surface area contributed by atoms with Gasteiger partial charge in [0.2, 0.25) is 0 Å². The Kier molecular flexibility index (Phi) is 24.4. The second kappa shape index (κ2) is 29.5. The molecular weight excluding hydrogens is 1070 g/mol. The second-order valence-corrected chi connectivity index (χ2v) is 19.1. The van der Waals surface area contributed by atoms with Crippen molar-refractivity contribution < 1.29 is 19.4 Å². The number of anilines is 2. The molecule has 0 amide bonds. The smallest absolute Gasteiger partial charge is 0.312 e. The quantitative estimate of drug-likeness (QED) is 0.0685. The van der Waals surface area contributed by atoms with Gasteiger partial charge in [0.1, 0.15) is 17.3 Å². The third-order valence-electron chi connectivity index (χ3n) is 10.5. The molecule has 0 aliphatic carbocycles. The van der Waals surface area contributed by atoms with Gasteiger partial charge in [0.05, 0.1) is 35.4 Å². The number of nitrogens with one attached hydrogen (secondary N) is 1. The predicted octanol–water partition coefficient (Wildman–Crippen LogP) is 16.0. The average molecular weight is 1120 g/mol. The molecule has 4 unspecified atom stereocenters. The van der Waals surface area contributed by atoms with Crippen molar-refractivity contribution in [1.29, 1.82) is 0 Å². The van der Waals surface area contributed by atoms with Gasteiger partial charge in [-0.3, -0.25) is 24.7 Å². The zero-order chi connectivity index (χ0) is 52.2. The fourth-order valence-corrected chi connectivity index (χ4v) is 8.39. The van der Waals surface area contributed by atoms with E-state index in [0.717, 1.165) is 62.3 Å². The number of carbonyl (C=O) groups excluding carboxylic acids is 2. The number of halogens is 8. The van der Waals surface area contributed by atoms with E-state index in [9.17, 15) is 9.59 Å². The van der Waals surface area contributed by atoms with Gasteiger partial charge < -0.3 is 25.7 Å². The van der Waals surface area contributed by atoms with Gasteiger partial charge in [-0.15, -0.1) is 0 Å². The summed E-state index contributed by atoms with van der Waals surface area (Å²) in [5.41, 5.74) is 14.1. The first kappa shape index (κ1) is 58.6. The zero-order valence-corrected chi connectivity index (χ0v) is 45.1. The van der Waals surface area contributed by atoms with E-state index in [1.54, 1.807) is 99.3 Å². The van der Waals surface area contributed by atoms with E-state index in [0.29, 0.717) is 46.4 Å². The zero-order valence-electron chi connectivity index (χ0n) is 39.1. The van der Waals surface area contributed by atoms with E-state index in [4.69, 9.17) is 104 Å². The highest BCUT2D eigenvalue weighted by molar-refractivity contribution is 6.35. The van der Waals surface area contributed by atoms with Gasteiger partial charge in [-0.05, 0) is 132 Å². The number of benzene rings is 6. The number of nitrogens with two attached hydrogens (primary N) is 1. The van der Waals surface area contributed by atoms with Gasteiger partial charge >= 0.3 is 5.97 Å². The lowest BCUT2D eigenvalue weighted by atomic mass is 10.0. The van der Waals surface area contributed by atoms with Crippen LogP contribution in [0, 0.1) is 0 Å². The molecule has 0 saturated carbocycles. The molecular formula is C53H50Cl8N6O4. The Bertz CT molecular complexity index is 3010. The summed E-state index contributed by atoms with van der Waals surface area (Å²) in [5.74, 6) is -0.661. The maximum absolute atomic E-state index is 11.3. The normalized spacial score (nSPS) is 12.1. The Labute approximate surface area is 453 Å². The van der Waals surface area contributed by atoms with Crippen LogP contribution >= 0.6 is 92.8 Å². The summed E-state index contributed by atoms with van der Waals surface area (Å²) in [6.45, 7) is 8.34. The number of hydrogen-bond donors (Lipinski definition) is 3. The molecule has 0 radical (unpaired) electrons. The van der Waals surface area contributed by atoms with Crippen molar-refractivity contribution >= 4 is 139 Å². The van der Waals surface area contributed by atoms with Gasteiger partial charge in [-0.25, -0.2) is 0 Å². The molecule has 8 rings (SSSR count). The number of hydrogen-bond acceptors (Lipinski definition) is 10. The molecule has 0 fully saturated rings. The maximum atomic E-state index is 11.3. The number of aliphatic hydroxyl groups is 1. The number of nitrogens with zero attached hydrogens (tertiary/aromatic N) is 4. The lowest BCUT2D eigenvalue weighted by Crippen LogP contribution is -2.11. The van der Waals surface area contributed by atoms with Crippen molar-refractivity contribution in [1.82, 2.24) is 19.9 Å². The molecule has 4 atom stereocenters.